The van der Waals surface area contributed by atoms with Crippen molar-refractivity contribution in [3.05, 3.63) is 51.5 Å². The number of H-pyrrole nitrogens is 1. The fourth-order valence-electron chi connectivity index (χ4n) is 1.44. The maximum Gasteiger partial charge on any atom is 0.252 e. The number of benzene rings is 1. The molecule has 15 heavy (non-hydrogen) atoms. The van der Waals surface area contributed by atoms with Gasteiger partial charge >= 0.3 is 0 Å². The van der Waals surface area contributed by atoms with Gasteiger partial charge in [0.05, 0.1) is 5.69 Å². The highest BCUT2D eigenvalue weighted by molar-refractivity contribution is 7.71. The smallest absolute Gasteiger partial charge is 0.252 e. The minimum absolute atomic E-state index is 0.169. The third kappa shape index (κ3) is 1.89. The molecule has 0 saturated carbocycles. The van der Waals surface area contributed by atoms with Crippen LogP contribution in [0.25, 0.3) is 11.3 Å². The van der Waals surface area contributed by atoms with E-state index in [1.54, 1.807) is 10.6 Å². The van der Waals surface area contributed by atoms with Gasteiger partial charge in [0.1, 0.15) is 0 Å². The van der Waals surface area contributed by atoms with Crippen molar-refractivity contribution in [2.24, 2.45) is 7.05 Å². The molecule has 1 aromatic carbocycles. The van der Waals surface area contributed by atoms with E-state index in [-0.39, 0.29) is 5.56 Å². The lowest BCUT2D eigenvalue weighted by Crippen LogP contribution is -2.11. The maximum absolute atomic E-state index is 11.3. The van der Waals surface area contributed by atoms with Crippen molar-refractivity contribution >= 4 is 12.2 Å². The molecule has 2 rings (SSSR count). The van der Waals surface area contributed by atoms with Crippen LogP contribution < -0.4 is 5.56 Å². The minimum Gasteiger partial charge on any atom is -0.321 e. The Bertz CT molecular complexity index is 584. The Kier molecular flexibility index (Phi) is 2.51. The van der Waals surface area contributed by atoms with Gasteiger partial charge in [0.2, 0.25) is 0 Å². The van der Waals surface area contributed by atoms with E-state index in [0.29, 0.717) is 4.77 Å². The van der Waals surface area contributed by atoms with Crippen molar-refractivity contribution in [1.82, 2.24) is 9.55 Å². The summed E-state index contributed by atoms with van der Waals surface area (Å²) in [6.45, 7) is 0. The topological polar surface area (TPSA) is 37.8 Å². The molecule has 0 amide bonds. The van der Waals surface area contributed by atoms with Gasteiger partial charge < -0.3 is 4.57 Å². The predicted molar refractivity (Wildman–Crippen MR) is 62.3 cm³/mol. The summed E-state index contributed by atoms with van der Waals surface area (Å²) in [7, 11) is 1.83. The average molecular weight is 218 g/mol. The maximum atomic E-state index is 11.3. The molecule has 0 bridgehead atoms. The van der Waals surface area contributed by atoms with E-state index in [4.69, 9.17) is 12.2 Å². The highest BCUT2D eigenvalue weighted by atomic mass is 32.1. The van der Waals surface area contributed by atoms with E-state index >= 15 is 0 Å². The van der Waals surface area contributed by atoms with Gasteiger partial charge in [-0.2, -0.15) is 0 Å². The van der Waals surface area contributed by atoms with Crippen molar-refractivity contribution in [3.8, 4) is 11.3 Å². The zero-order chi connectivity index (χ0) is 10.8. The van der Waals surface area contributed by atoms with Crippen LogP contribution in [0, 0.1) is 4.77 Å². The summed E-state index contributed by atoms with van der Waals surface area (Å²) in [6, 6.07) is 11.2. The molecule has 3 nitrogen and oxygen atoms in total. The molecule has 1 heterocycles. The summed E-state index contributed by atoms with van der Waals surface area (Å²) in [5, 5.41) is 0. The van der Waals surface area contributed by atoms with E-state index in [1.807, 2.05) is 37.4 Å². The molecule has 2 aromatic rings. The predicted octanol–water partition coefficient (Wildman–Crippen LogP) is 2.11. The number of hydrogen-bond acceptors (Lipinski definition) is 2. The van der Waals surface area contributed by atoms with Crippen LogP contribution in [0.5, 0.6) is 0 Å². The first-order valence-electron chi connectivity index (χ1n) is 4.54. The largest absolute Gasteiger partial charge is 0.321 e. The van der Waals surface area contributed by atoms with E-state index < -0.39 is 0 Å². The Hall–Kier alpha value is -1.68. The van der Waals surface area contributed by atoms with Crippen molar-refractivity contribution in [2.45, 2.75) is 0 Å². The van der Waals surface area contributed by atoms with Crippen LogP contribution in [0.3, 0.4) is 0 Å². The van der Waals surface area contributed by atoms with Gasteiger partial charge in [-0.15, -0.1) is 0 Å². The molecule has 0 saturated heterocycles. The number of aromatic amines is 1. The molecular weight excluding hydrogens is 208 g/mol. The number of hydrogen-bond donors (Lipinski definition) is 1. The Morgan fingerprint density at radius 1 is 1.27 bits per heavy atom. The fourth-order valence-corrected chi connectivity index (χ4v) is 1.64. The number of nitrogens with zero attached hydrogens (tertiary/aromatic N) is 1. The summed E-state index contributed by atoms with van der Waals surface area (Å²) in [5.74, 6) is 0. The quantitative estimate of drug-likeness (QED) is 0.744. The third-order valence-electron chi connectivity index (χ3n) is 2.23. The third-order valence-corrected chi connectivity index (χ3v) is 2.61. The first-order valence-corrected chi connectivity index (χ1v) is 4.95. The standard InChI is InChI=1S/C11H10N2OS/c1-13-9(7-10(14)12-11(13)15)8-5-3-2-4-6-8/h2-7H,1H3,(H,12,14,15). The number of rotatable bonds is 1. The molecule has 0 aliphatic carbocycles. The molecule has 0 unspecified atom stereocenters. The Morgan fingerprint density at radius 3 is 2.60 bits per heavy atom. The van der Waals surface area contributed by atoms with Crippen molar-refractivity contribution in [2.75, 3.05) is 0 Å². The van der Waals surface area contributed by atoms with Crippen LogP contribution in [0.1, 0.15) is 0 Å². The summed E-state index contributed by atoms with van der Waals surface area (Å²) in [6.07, 6.45) is 0. The zero-order valence-corrected chi connectivity index (χ0v) is 9.04. The molecule has 0 aliphatic rings. The SMILES string of the molecule is Cn1c(-c2ccccc2)cc(=O)[nH]c1=S. The van der Waals surface area contributed by atoms with Crippen LogP contribution in [0.2, 0.25) is 0 Å². The second kappa shape index (κ2) is 3.82. The second-order valence-electron chi connectivity index (χ2n) is 3.25. The van der Waals surface area contributed by atoms with Crippen LogP contribution in [-0.4, -0.2) is 9.55 Å². The van der Waals surface area contributed by atoms with Crippen molar-refractivity contribution in [1.29, 1.82) is 0 Å². The summed E-state index contributed by atoms with van der Waals surface area (Å²) < 4.78 is 2.22. The average Bonchev–Trinajstić information content (AvgIpc) is 2.24. The lowest BCUT2D eigenvalue weighted by Gasteiger charge is -2.07. The molecule has 4 heteroatoms. The van der Waals surface area contributed by atoms with Crippen LogP contribution in [0.4, 0.5) is 0 Å². The summed E-state index contributed by atoms with van der Waals surface area (Å²) in [4.78, 5) is 13.9. The van der Waals surface area contributed by atoms with Crippen molar-refractivity contribution < 1.29 is 0 Å². The van der Waals surface area contributed by atoms with Crippen LogP contribution in [-0.2, 0) is 7.05 Å². The van der Waals surface area contributed by atoms with E-state index in [0.717, 1.165) is 11.3 Å². The highest BCUT2D eigenvalue weighted by Gasteiger charge is 2.01. The van der Waals surface area contributed by atoms with Gasteiger partial charge in [-0.25, -0.2) is 0 Å². The monoisotopic (exact) mass is 218 g/mol. The van der Waals surface area contributed by atoms with Gasteiger partial charge in [0.25, 0.3) is 5.56 Å². The molecule has 0 radical (unpaired) electrons. The summed E-state index contributed by atoms with van der Waals surface area (Å²) in [5.41, 5.74) is 1.64. The molecule has 0 atom stereocenters. The van der Waals surface area contributed by atoms with E-state index in [9.17, 15) is 4.79 Å². The molecule has 0 aliphatic heterocycles. The second-order valence-corrected chi connectivity index (χ2v) is 3.64. The number of aromatic nitrogens is 2. The zero-order valence-electron chi connectivity index (χ0n) is 8.23. The highest BCUT2D eigenvalue weighted by Crippen LogP contribution is 2.15. The lowest BCUT2D eigenvalue weighted by molar-refractivity contribution is 0.842. The van der Waals surface area contributed by atoms with Gasteiger partial charge in [-0.1, -0.05) is 30.3 Å². The molecule has 1 N–H and O–H groups in total. The first-order chi connectivity index (χ1) is 7.18. The van der Waals surface area contributed by atoms with E-state index in [1.165, 1.54) is 0 Å². The first kappa shape index (κ1) is 9.86. The van der Waals surface area contributed by atoms with Gasteiger partial charge in [-0.05, 0) is 17.8 Å². The molecule has 0 spiro atoms. The Balaban J connectivity index is 2.74. The molecule has 0 fully saturated rings. The fraction of sp³-hybridized carbons (Fsp3) is 0.0909. The number of nitrogens with one attached hydrogen (secondary N) is 1. The molecular formula is C11H10N2OS. The van der Waals surface area contributed by atoms with Crippen LogP contribution in [0.15, 0.2) is 41.2 Å². The normalized spacial score (nSPS) is 10.2. The van der Waals surface area contributed by atoms with Crippen LogP contribution >= 0.6 is 12.2 Å². The Morgan fingerprint density at radius 2 is 1.93 bits per heavy atom. The molecule has 1 aromatic heterocycles. The lowest BCUT2D eigenvalue weighted by atomic mass is 10.1. The van der Waals surface area contributed by atoms with Gasteiger partial charge in [0.15, 0.2) is 4.77 Å². The molecule has 76 valence electrons. The Labute approximate surface area is 92.0 Å². The van der Waals surface area contributed by atoms with E-state index in [2.05, 4.69) is 4.98 Å². The summed E-state index contributed by atoms with van der Waals surface area (Å²) >= 11 is 5.04. The van der Waals surface area contributed by atoms with Gasteiger partial charge in [-0.3, -0.25) is 9.78 Å². The van der Waals surface area contributed by atoms with Gasteiger partial charge in [0, 0.05) is 13.1 Å². The minimum atomic E-state index is -0.169. The van der Waals surface area contributed by atoms with Crippen molar-refractivity contribution in [3.63, 3.8) is 0 Å².